The van der Waals surface area contributed by atoms with Crippen molar-refractivity contribution in [2.75, 3.05) is 20.1 Å². The zero-order valence-corrected chi connectivity index (χ0v) is 9.31. The number of hydrogen-bond acceptors (Lipinski definition) is 5. The lowest BCUT2D eigenvalue weighted by atomic mass is 10.1. The Hall–Kier alpha value is -1.18. The van der Waals surface area contributed by atoms with Gasteiger partial charge in [0.05, 0.1) is 6.10 Å². The fourth-order valence-corrected chi connectivity index (χ4v) is 1.82. The van der Waals surface area contributed by atoms with Gasteiger partial charge in [-0.1, -0.05) is 0 Å². The Morgan fingerprint density at radius 3 is 2.62 bits per heavy atom. The molecule has 1 fully saturated rings. The second-order valence-corrected chi connectivity index (χ2v) is 3.67. The van der Waals surface area contributed by atoms with Crippen molar-refractivity contribution in [1.82, 2.24) is 15.5 Å². The summed E-state index contributed by atoms with van der Waals surface area (Å²) in [4.78, 5) is 28.6. The van der Waals surface area contributed by atoms with Gasteiger partial charge in [-0.2, -0.15) is 0 Å². The average molecular weight is 230 g/mol. The molecule has 1 rings (SSSR count). The zero-order valence-electron chi connectivity index (χ0n) is 9.31. The molecule has 2 amide bonds. The van der Waals surface area contributed by atoms with Crippen LogP contribution in [0, 0.1) is 0 Å². The van der Waals surface area contributed by atoms with Gasteiger partial charge in [0.15, 0.2) is 6.17 Å². The molecule has 92 valence electrons. The van der Waals surface area contributed by atoms with Crippen molar-refractivity contribution in [2.45, 2.75) is 25.1 Å². The smallest absolute Gasteiger partial charge is 0.257 e. The maximum Gasteiger partial charge on any atom is 0.257 e. The number of likely N-dealkylation sites (N-methyl/N-ethyl adjacent to an activating group) is 1. The molecule has 7 heteroatoms. The summed E-state index contributed by atoms with van der Waals surface area (Å²) in [7, 11) is 1.54. The molecule has 0 aromatic heterocycles. The third kappa shape index (κ3) is 3.16. The number of likely N-dealkylation sites (tertiary alicyclic amines) is 1. The summed E-state index contributed by atoms with van der Waals surface area (Å²) in [5.74, 6) is 4.88. The van der Waals surface area contributed by atoms with Crippen LogP contribution in [0.1, 0.15) is 12.8 Å². The summed E-state index contributed by atoms with van der Waals surface area (Å²) in [6.07, 6.45) is 1.47. The minimum atomic E-state index is -0.610. The van der Waals surface area contributed by atoms with E-state index < -0.39 is 6.17 Å². The highest BCUT2D eigenvalue weighted by atomic mass is 16.6. The van der Waals surface area contributed by atoms with Gasteiger partial charge in [0.1, 0.15) is 0 Å². The van der Waals surface area contributed by atoms with E-state index in [1.807, 2.05) is 4.90 Å². The van der Waals surface area contributed by atoms with Gasteiger partial charge in [0.25, 0.3) is 5.91 Å². The minimum Gasteiger partial charge on any atom is -0.356 e. The van der Waals surface area contributed by atoms with Crippen molar-refractivity contribution in [2.24, 2.45) is 5.90 Å². The van der Waals surface area contributed by atoms with Crippen LogP contribution in [0.15, 0.2) is 0 Å². The van der Waals surface area contributed by atoms with E-state index in [4.69, 9.17) is 10.7 Å². The molecule has 1 unspecified atom stereocenters. The van der Waals surface area contributed by atoms with Gasteiger partial charge in [0, 0.05) is 20.1 Å². The number of piperidine rings is 1. The van der Waals surface area contributed by atoms with Gasteiger partial charge >= 0.3 is 0 Å². The number of nitrogens with two attached hydrogens (primary N) is 1. The van der Waals surface area contributed by atoms with Crippen molar-refractivity contribution in [1.29, 1.82) is 0 Å². The van der Waals surface area contributed by atoms with E-state index in [2.05, 4.69) is 10.6 Å². The summed E-state index contributed by atoms with van der Waals surface area (Å²) in [6.45, 7) is 1.33. The van der Waals surface area contributed by atoms with Crippen LogP contribution in [0.5, 0.6) is 0 Å². The van der Waals surface area contributed by atoms with Crippen LogP contribution in [0.2, 0.25) is 0 Å². The van der Waals surface area contributed by atoms with Crippen molar-refractivity contribution < 1.29 is 14.4 Å². The number of nitrogens with one attached hydrogen (secondary N) is 2. The van der Waals surface area contributed by atoms with Crippen LogP contribution < -0.4 is 16.5 Å². The molecule has 4 N–H and O–H groups in total. The van der Waals surface area contributed by atoms with Crippen LogP contribution in [0.3, 0.4) is 0 Å². The molecule has 1 atom stereocenters. The summed E-state index contributed by atoms with van der Waals surface area (Å²) in [6, 6.07) is 0. The first kappa shape index (κ1) is 12.9. The van der Waals surface area contributed by atoms with E-state index in [0.29, 0.717) is 19.5 Å². The van der Waals surface area contributed by atoms with Gasteiger partial charge < -0.3 is 15.5 Å². The predicted octanol–water partition coefficient (Wildman–Crippen LogP) is -1.84. The number of carbonyl (C=O) groups excluding carboxylic acids is 2. The van der Waals surface area contributed by atoms with Crippen molar-refractivity contribution in [3.05, 3.63) is 0 Å². The van der Waals surface area contributed by atoms with E-state index in [9.17, 15) is 9.59 Å². The highest BCUT2D eigenvalue weighted by Crippen LogP contribution is 2.13. The third-order valence-corrected chi connectivity index (χ3v) is 2.75. The number of rotatable bonds is 5. The van der Waals surface area contributed by atoms with Crippen molar-refractivity contribution >= 4 is 12.3 Å². The average Bonchev–Trinajstić information content (AvgIpc) is 2.35. The number of hydrogen-bond donors (Lipinski definition) is 3. The first-order chi connectivity index (χ1) is 7.72. The van der Waals surface area contributed by atoms with Crippen molar-refractivity contribution in [3.63, 3.8) is 0 Å². The van der Waals surface area contributed by atoms with E-state index in [-0.39, 0.29) is 12.0 Å². The Morgan fingerprint density at radius 1 is 1.56 bits per heavy atom. The molecular formula is C9H18N4O3. The standard InChI is InChI=1S/C9H18N4O3/c1-11-9(15)8(12-6-14)13-4-2-7(16-10)3-5-13/h6-8H,2-5,10H2,1H3,(H,11,15)(H,12,14). The van der Waals surface area contributed by atoms with Crippen LogP contribution in [-0.4, -0.2) is 49.6 Å². The summed E-state index contributed by atoms with van der Waals surface area (Å²) >= 11 is 0. The summed E-state index contributed by atoms with van der Waals surface area (Å²) in [5, 5.41) is 5.01. The fourth-order valence-electron chi connectivity index (χ4n) is 1.82. The van der Waals surface area contributed by atoms with E-state index >= 15 is 0 Å². The van der Waals surface area contributed by atoms with Gasteiger partial charge in [0.2, 0.25) is 6.41 Å². The summed E-state index contributed by atoms with van der Waals surface area (Å²) < 4.78 is 0. The molecule has 1 saturated heterocycles. The lowest BCUT2D eigenvalue weighted by Crippen LogP contribution is -2.56. The van der Waals surface area contributed by atoms with Crippen molar-refractivity contribution in [3.8, 4) is 0 Å². The summed E-state index contributed by atoms with van der Waals surface area (Å²) in [5.41, 5.74) is 0. The molecule has 0 spiro atoms. The third-order valence-electron chi connectivity index (χ3n) is 2.75. The van der Waals surface area contributed by atoms with Crippen LogP contribution in [0.25, 0.3) is 0 Å². The Kier molecular flexibility index (Phi) is 5.17. The topological polar surface area (TPSA) is 96.7 Å². The highest BCUT2D eigenvalue weighted by molar-refractivity contribution is 5.82. The molecule has 1 heterocycles. The minimum absolute atomic E-state index is 0.0396. The van der Waals surface area contributed by atoms with E-state index in [1.165, 1.54) is 7.05 Å². The lowest BCUT2D eigenvalue weighted by molar-refractivity contribution is -0.131. The first-order valence-corrected chi connectivity index (χ1v) is 5.23. The lowest BCUT2D eigenvalue weighted by Gasteiger charge is -2.35. The van der Waals surface area contributed by atoms with Gasteiger partial charge in [-0.25, -0.2) is 5.90 Å². The number of carbonyl (C=O) groups is 2. The second-order valence-electron chi connectivity index (χ2n) is 3.67. The quantitative estimate of drug-likeness (QED) is 0.381. The normalized spacial score (nSPS) is 20.1. The zero-order chi connectivity index (χ0) is 12.0. The number of amides is 2. The molecule has 0 saturated carbocycles. The van der Waals surface area contributed by atoms with Crippen LogP contribution in [-0.2, 0) is 14.4 Å². The predicted molar refractivity (Wildman–Crippen MR) is 56.9 cm³/mol. The second kappa shape index (κ2) is 6.41. The Labute approximate surface area is 94.2 Å². The molecule has 0 aliphatic carbocycles. The van der Waals surface area contributed by atoms with E-state index in [0.717, 1.165) is 12.8 Å². The number of nitrogens with zero attached hydrogens (tertiary/aromatic N) is 1. The Balaban J connectivity index is 2.52. The maximum atomic E-state index is 11.5. The monoisotopic (exact) mass is 230 g/mol. The van der Waals surface area contributed by atoms with Gasteiger partial charge in [-0.05, 0) is 12.8 Å². The largest absolute Gasteiger partial charge is 0.356 e. The molecule has 0 aromatic carbocycles. The Morgan fingerprint density at radius 2 is 2.19 bits per heavy atom. The fraction of sp³-hybridized carbons (Fsp3) is 0.778. The van der Waals surface area contributed by atoms with Crippen LogP contribution >= 0.6 is 0 Å². The highest BCUT2D eigenvalue weighted by Gasteiger charge is 2.28. The van der Waals surface area contributed by atoms with Gasteiger partial charge in [-0.3, -0.25) is 14.5 Å². The molecule has 1 aliphatic rings. The van der Waals surface area contributed by atoms with Crippen LogP contribution in [0.4, 0.5) is 0 Å². The molecule has 0 bridgehead atoms. The SMILES string of the molecule is CNC(=O)C(NC=O)N1CCC(ON)CC1. The first-order valence-electron chi connectivity index (χ1n) is 5.23. The molecule has 1 aliphatic heterocycles. The molecular weight excluding hydrogens is 212 g/mol. The molecule has 7 nitrogen and oxygen atoms in total. The molecule has 16 heavy (non-hydrogen) atoms. The van der Waals surface area contributed by atoms with Gasteiger partial charge in [-0.15, -0.1) is 0 Å². The Bertz CT molecular complexity index is 241. The molecule has 0 aromatic rings. The molecule has 0 radical (unpaired) electrons. The van der Waals surface area contributed by atoms with E-state index in [1.54, 1.807) is 0 Å². The maximum absolute atomic E-state index is 11.5.